The molecule has 0 spiro atoms. The van der Waals surface area contributed by atoms with E-state index in [-0.39, 0.29) is 50.6 Å². The Balaban J connectivity index is 1.93. The zero-order valence-electron chi connectivity index (χ0n) is 39.3. The summed E-state index contributed by atoms with van der Waals surface area (Å²) in [6.45, 7) is 21.0. The molecule has 15 heteroatoms. The largest absolute Gasteiger partial charge is 0.457 e. The van der Waals surface area contributed by atoms with E-state index >= 15 is 4.39 Å². The zero-order valence-corrected chi connectivity index (χ0v) is 39.3. The summed E-state index contributed by atoms with van der Waals surface area (Å²) in [7, 11) is 1.94. The molecule has 2 bridgehead atoms. The molecule has 13 atom stereocenters. The second-order valence-electron chi connectivity index (χ2n) is 19.6. The highest BCUT2D eigenvalue weighted by molar-refractivity contribution is 6.08. The Hall–Kier alpha value is -3.18. The zero-order chi connectivity index (χ0) is 46.4. The summed E-state index contributed by atoms with van der Waals surface area (Å²) in [4.78, 5) is 53.8. The van der Waals surface area contributed by atoms with Gasteiger partial charge < -0.3 is 43.6 Å². The Morgan fingerprint density at radius 1 is 1.06 bits per heavy atom. The molecule has 0 aliphatic carbocycles. The lowest BCUT2D eigenvalue weighted by Gasteiger charge is -2.48. The maximum atomic E-state index is 17.1. The van der Waals surface area contributed by atoms with Gasteiger partial charge in [-0.25, -0.2) is 14.2 Å². The first-order chi connectivity index (χ1) is 28.8. The van der Waals surface area contributed by atoms with Crippen molar-refractivity contribution in [2.75, 3.05) is 26.8 Å². The molecule has 1 aromatic carbocycles. The lowest BCUT2D eigenvalue weighted by Crippen LogP contribution is -2.62. The highest BCUT2D eigenvalue weighted by atomic mass is 19.1. The van der Waals surface area contributed by atoms with Crippen molar-refractivity contribution in [3.8, 4) is 0 Å². The number of aliphatic hydroxyl groups is 2. The molecule has 3 heterocycles. The van der Waals surface area contributed by atoms with E-state index in [4.69, 9.17) is 28.5 Å². The van der Waals surface area contributed by atoms with E-state index in [2.05, 4.69) is 35.8 Å². The molecule has 3 aliphatic heterocycles. The Bertz CT molecular complexity index is 1730. The Kier molecular flexibility index (Phi) is 17.6. The van der Waals surface area contributed by atoms with E-state index in [1.54, 1.807) is 20.8 Å². The van der Waals surface area contributed by atoms with E-state index < -0.39 is 89.0 Å². The van der Waals surface area contributed by atoms with Crippen LogP contribution >= 0.6 is 0 Å². The predicted octanol–water partition coefficient (Wildman–Crippen LogP) is 6.41. The standard InChI is InChI=1S/C47H74FN3O11/c1-14-36-47(12,56)41-30(4)37(49-32(6)52)28(2)25-45(10,58-27-34(20-23-57-41)50-59-26-33-18-16-15-17-19-33)40(31(5)39(54)46(11,48)43(55)61-36)62-42-38(53)35(24-29(3)60-42)51(13)22-21-44(7,8)9/h15-19,28-31,35-36,38,40-42,53,56H,14,20-27H2,1-13H3/b49-37+,50-34+/t28-,29-,30+,31+,35+,36-,38-,40-,41-,42+,45-,46+,47-/m1/s1. The number of nitrogens with zero attached hydrogens (tertiary/aromatic N) is 3. The average molecular weight is 876 g/mol. The van der Waals surface area contributed by atoms with Crippen molar-refractivity contribution in [2.45, 2.75) is 182 Å². The van der Waals surface area contributed by atoms with Crippen LogP contribution in [0.25, 0.3) is 0 Å². The third-order valence-electron chi connectivity index (χ3n) is 12.8. The number of ketones is 1. The summed E-state index contributed by atoms with van der Waals surface area (Å²) < 4.78 is 49.3. The van der Waals surface area contributed by atoms with Crippen LogP contribution in [-0.2, 0) is 49.5 Å². The number of aliphatic hydroxyl groups excluding tert-OH is 1. The first kappa shape index (κ1) is 51.5. The summed E-state index contributed by atoms with van der Waals surface area (Å²) in [6.07, 6.45) is -5.22. The second-order valence-corrected chi connectivity index (χ2v) is 19.6. The van der Waals surface area contributed by atoms with Crippen LogP contribution < -0.4 is 0 Å². The van der Waals surface area contributed by atoms with Crippen LogP contribution in [0.3, 0.4) is 0 Å². The van der Waals surface area contributed by atoms with Gasteiger partial charge in [-0.05, 0) is 83.9 Å². The molecular formula is C47H74FN3O11. The number of ether oxygens (including phenoxy) is 5. The van der Waals surface area contributed by atoms with Crippen molar-refractivity contribution < 1.29 is 57.5 Å². The van der Waals surface area contributed by atoms with Crippen LogP contribution in [0, 0.1) is 23.2 Å². The molecule has 2 N–H and O–H groups in total. The number of hydrogen-bond acceptors (Lipinski definition) is 13. The molecule has 3 aliphatic rings. The van der Waals surface area contributed by atoms with Gasteiger partial charge in [0.05, 0.1) is 42.8 Å². The lowest BCUT2D eigenvalue weighted by atomic mass is 9.73. The minimum atomic E-state index is -3.21. The van der Waals surface area contributed by atoms with Gasteiger partial charge in [0.25, 0.3) is 5.67 Å². The minimum absolute atomic E-state index is 0.0232. The quantitative estimate of drug-likeness (QED) is 0.159. The maximum Gasteiger partial charge on any atom is 0.351 e. The maximum absolute atomic E-state index is 17.1. The lowest BCUT2D eigenvalue weighted by molar-refractivity contribution is -0.297. The van der Waals surface area contributed by atoms with Crippen LogP contribution in [0.4, 0.5) is 4.39 Å². The number of rotatable bonds is 9. The van der Waals surface area contributed by atoms with Crippen molar-refractivity contribution in [3.05, 3.63) is 35.9 Å². The molecule has 3 saturated heterocycles. The molecule has 0 radical (unpaired) electrons. The normalized spacial score (nSPS) is 38.5. The molecule has 1 amide bonds. The fourth-order valence-corrected chi connectivity index (χ4v) is 9.15. The average Bonchev–Trinajstić information content (AvgIpc) is 3.19. The number of Topliss-reactive ketones (excluding diaryl/α,β-unsaturated/α-hetero) is 1. The van der Waals surface area contributed by atoms with E-state index in [9.17, 15) is 24.6 Å². The number of aliphatic imine (C=N–C) groups is 1. The molecule has 14 nitrogen and oxygen atoms in total. The van der Waals surface area contributed by atoms with Gasteiger partial charge in [-0.3, -0.25) is 9.59 Å². The van der Waals surface area contributed by atoms with Gasteiger partial charge in [0.2, 0.25) is 5.91 Å². The number of fused-ring (bicyclic) bond motifs is 5. The first-order valence-electron chi connectivity index (χ1n) is 22.2. The van der Waals surface area contributed by atoms with Crippen molar-refractivity contribution in [2.24, 2.45) is 33.3 Å². The molecule has 3 fully saturated rings. The van der Waals surface area contributed by atoms with Gasteiger partial charge >= 0.3 is 5.97 Å². The number of carbonyl (C=O) groups excluding carboxylic acids is 3. The van der Waals surface area contributed by atoms with Crippen molar-refractivity contribution in [1.29, 1.82) is 0 Å². The molecule has 350 valence electrons. The smallest absolute Gasteiger partial charge is 0.351 e. The Morgan fingerprint density at radius 3 is 2.34 bits per heavy atom. The highest BCUT2D eigenvalue weighted by Crippen LogP contribution is 2.41. The summed E-state index contributed by atoms with van der Waals surface area (Å²) in [5.74, 6) is -5.95. The van der Waals surface area contributed by atoms with E-state index in [0.29, 0.717) is 24.4 Å². The minimum Gasteiger partial charge on any atom is -0.457 e. The van der Waals surface area contributed by atoms with E-state index in [1.165, 1.54) is 20.8 Å². The van der Waals surface area contributed by atoms with Crippen molar-refractivity contribution >= 4 is 29.1 Å². The third-order valence-corrected chi connectivity index (χ3v) is 12.8. The summed E-state index contributed by atoms with van der Waals surface area (Å²) in [5, 5.41) is 28.9. The second kappa shape index (κ2) is 21.2. The van der Waals surface area contributed by atoms with Gasteiger partial charge in [0.1, 0.15) is 24.4 Å². The van der Waals surface area contributed by atoms with Gasteiger partial charge in [-0.1, -0.05) is 84.0 Å². The van der Waals surface area contributed by atoms with Gasteiger partial charge in [-0.2, -0.15) is 0 Å². The molecule has 62 heavy (non-hydrogen) atoms. The first-order valence-corrected chi connectivity index (χ1v) is 22.2. The van der Waals surface area contributed by atoms with Crippen molar-refractivity contribution in [3.63, 3.8) is 0 Å². The summed E-state index contributed by atoms with van der Waals surface area (Å²) in [6, 6.07) is 9.10. The van der Waals surface area contributed by atoms with E-state index in [0.717, 1.165) is 18.9 Å². The fraction of sp³-hybridized carbons (Fsp3) is 0.766. The van der Waals surface area contributed by atoms with Crippen LogP contribution in [0.15, 0.2) is 40.5 Å². The number of hydrogen-bond donors (Lipinski definition) is 2. The monoisotopic (exact) mass is 876 g/mol. The van der Waals surface area contributed by atoms with Crippen molar-refractivity contribution in [1.82, 2.24) is 4.90 Å². The topological polar surface area (TPSA) is 175 Å². The van der Waals surface area contributed by atoms with Crippen LogP contribution in [-0.4, -0.2) is 131 Å². The van der Waals surface area contributed by atoms with Crippen LogP contribution in [0.2, 0.25) is 0 Å². The number of carbonyl (C=O) groups is 3. The Morgan fingerprint density at radius 2 is 1.73 bits per heavy atom. The molecule has 4 rings (SSSR count). The number of esters is 1. The third kappa shape index (κ3) is 12.8. The number of cyclic esters (lactones) is 1. The molecule has 1 aromatic rings. The molecular weight excluding hydrogens is 802 g/mol. The number of alkyl halides is 1. The number of oxime groups is 1. The number of benzene rings is 1. The van der Waals surface area contributed by atoms with Gasteiger partial charge in [-0.15, -0.1) is 0 Å². The Labute approximate surface area is 368 Å². The number of likely N-dealkylation sites (N-methyl/N-ethyl adjacent to an activating group) is 1. The van der Waals surface area contributed by atoms with Gasteiger partial charge in [0.15, 0.2) is 12.1 Å². The predicted molar refractivity (Wildman–Crippen MR) is 233 cm³/mol. The van der Waals surface area contributed by atoms with Gasteiger partial charge in [0, 0.05) is 36.9 Å². The van der Waals surface area contributed by atoms with Crippen LogP contribution in [0.1, 0.15) is 121 Å². The fourth-order valence-electron chi connectivity index (χ4n) is 9.15. The number of amides is 1. The summed E-state index contributed by atoms with van der Waals surface area (Å²) in [5.41, 5.74) is -5.03. The molecule has 0 aromatic heterocycles. The molecule has 0 unspecified atom stereocenters. The summed E-state index contributed by atoms with van der Waals surface area (Å²) >= 11 is 0. The highest BCUT2D eigenvalue weighted by Gasteiger charge is 2.56. The molecule has 0 saturated carbocycles. The SMILES string of the molecule is CC[C@H]1OC(=O)[C@@](C)(F)C(=O)[C@H](C)[C@@H](O[C@@H]2O[C@H](C)C[C@H](N(C)CCC(C)(C)C)[C@H]2O)[C@@]2(C)C[C@@H](C)/C(=N\C(C)=O)[C@H](C)[C@@H](OCC/C(=N\OCc3ccccc3)CO2)[C@]1(C)O. The number of halogens is 1. The van der Waals surface area contributed by atoms with Crippen LogP contribution in [0.5, 0.6) is 0 Å². The van der Waals surface area contributed by atoms with E-state index in [1.807, 2.05) is 51.2 Å².